The monoisotopic (exact) mass is 421 g/mol. The van der Waals surface area contributed by atoms with Crippen molar-refractivity contribution in [3.63, 3.8) is 0 Å². The summed E-state index contributed by atoms with van der Waals surface area (Å²) in [4.78, 5) is 19.1. The van der Waals surface area contributed by atoms with Crippen molar-refractivity contribution in [1.29, 1.82) is 0 Å². The zero-order valence-electron chi connectivity index (χ0n) is 17.5. The number of imidazole rings is 1. The van der Waals surface area contributed by atoms with Gasteiger partial charge in [-0.2, -0.15) is 4.31 Å². The fraction of sp³-hybridized carbons (Fsp3) is 0.600. The van der Waals surface area contributed by atoms with Crippen LogP contribution in [0.15, 0.2) is 18.2 Å². The predicted molar refractivity (Wildman–Crippen MR) is 115 cm³/mol. The molecule has 1 amide bonds. The number of nitrogens with zero attached hydrogens (tertiary/aromatic N) is 4. The molecule has 1 N–H and O–H groups in total. The molecule has 1 aliphatic rings. The second kappa shape index (κ2) is 9.23. The lowest BCUT2D eigenvalue weighted by molar-refractivity contribution is -0.116. The van der Waals surface area contributed by atoms with Crippen molar-refractivity contribution in [2.75, 3.05) is 37.8 Å². The number of benzene rings is 1. The number of carbonyl (C=O) groups is 1. The second-order valence-corrected chi connectivity index (χ2v) is 9.55. The van der Waals surface area contributed by atoms with Crippen molar-refractivity contribution < 1.29 is 13.2 Å². The van der Waals surface area contributed by atoms with Crippen molar-refractivity contribution in [1.82, 2.24) is 18.8 Å². The van der Waals surface area contributed by atoms with Gasteiger partial charge in [-0.15, -0.1) is 0 Å². The van der Waals surface area contributed by atoms with Gasteiger partial charge in [0.15, 0.2) is 0 Å². The fourth-order valence-electron chi connectivity index (χ4n) is 3.71. The number of anilines is 1. The largest absolute Gasteiger partial charge is 0.327 e. The number of carbonyl (C=O) groups excluding carboxylic acids is 1. The van der Waals surface area contributed by atoms with Gasteiger partial charge in [-0.3, -0.25) is 9.69 Å². The highest BCUT2D eigenvalue weighted by atomic mass is 32.2. The number of nitrogens with one attached hydrogen (secondary N) is 1. The third kappa shape index (κ3) is 5.34. The Kier molecular flexibility index (Phi) is 6.92. The molecule has 160 valence electrons. The molecule has 1 aromatic heterocycles. The quantitative estimate of drug-likeness (QED) is 0.706. The molecule has 0 bridgehead atoms. The van der Waals surface area contributed by atoms with Gasteiger partial charge in [0.1, 0.15) is 5.82 Å². The van der Waals surface area contributed by atoms with Crippen LogP contribution in [0.5, 0.6) is 0 Å². The van der Waals surface area contributed by atoms with Gasteiger partial charge in [-0.1, -0.05) is 13.3 Å². The molecule has 2 aromatic rings. The Labute approximate surface area is 172 Å². The highest BCUT2D eigenvalue weighted by Gasteiger charge is 2.24. The highest BCUT2D eigenvalue weighted by molar-refractivity contribution is 7.88. The fourth-order valence-corrected chi connectivity index (χ4v) is 4.54. The van der Waals surface area contributed by atoms with Gasteiger partial charge < -0.3 is 9.88 Å². The van der Waals surface area contributed by atoms with Gasteiger partial charge in [-0.25, -0.2) is 13.4 Å². The summed E-state index contributed by atoms with van der Waals surface area (Å²) < 4.78 is 27.1. The molecule has 29 heavy (non-hydrogen) atoms. The Hall–Kier alpha value is -1.97. The second-order valence-electron chi connectivity index (χ2n) is 7.57. The van der Waals surface area contributed by atoms with E-state index in [2.05, 4.69) is 28.6 Å². The summed E-state index contributed by atoms with van der Waals surface area (Å²) in [5, 5.41) is 2.95. The standard InChI is InChI=1S/C20H31N5O3S/c1-4-6-7-20(26)21-16-8-9-18-17(14-16)22-19(25(18)5-2)15-23-10-12-24(13-11-23)29(3,27)28/h8-9,14H,4-7,10-13,15H2,1-3H3,(H,21,26). The third-order valence-corrected chi connectivity index (χ3v) is 6.65. The number of sulfonamides is 1. The summed E-state index contributed by atoms with van der Waals surface area (Å²) in [5.41, 5.74) is 2.68. The van der Waals surface area contributed by atoms with Gasteiger partial charge >= 0.3 is 0 Å². The predicted octanol–water partition coefficient (Wildman–Crippen LogP) is 2.26. The molecule has 0 radical (unpaired) electrons. The smallest absolute Gasteiger partial charge is 0.224 e. The molecule has 0 saturated carbocycles. The van der Waals surface area contributed by atoms with Crippen LogP contribution in [-0.4, -0.2) is 65.5 Å². The van der Waals surface area contributed by atoms with Crippen molar-refractivity contribution in [3.05, 3.63) is 24.0 Å². The van der Waals surface area contributed by atoms with Gasteiger partial charge in [0.25, 0.3) is 0 Å². The van der Waals surface area contributed by atoms with Crippen LogP contribution in [0.4, 0.5) is 5.69 Å². The van der Waals surface area contributed by atoms with Crippen LogP contribution in [0, 0.1) is 0 Å². The molecule has 0 aliphatic carbocycles. The van der Waals surface area contributed by atoms with E-state index in [0.29, 0.717) is 39.1 Å². The Bertz CT molecular complexity index is 962. The van der Waals surface area contributed by atoms with Crippen LogP contribution in [0.3, 0.4) is 0 Å². The first-order valence-corrected chi connectivity index (χ1v) is 12.1. The van der Waals surface area contributed by atoms with Crippen LogP contribution in [-0.2, 0) is 27.9 Å². The lowest BCUT2D eigenvalue weighted by Crippen LogP contribution is -2.48. The molecule has 1 aromatic carbocycles. The van der Waals surface area contributed by atoms with Gasteiger partial charge in [-0.05, 0) is 31.5 Å². The minimum absolute atomic E-state index is 0.0325. The number of hydrogen-bond acceptors (Lipinski definition) is 5. The summed E-state index contributed by atoms with van der Waals surface area (Å²) in [5.74, 6) is 0.995. The number of aromatic nitrogens is 2. The molecule has 8 nitrogen and oxygen atoms in total. The van der Waals surface area contributed by atoms with Gasteiger partial charge in [0.2, 0.25) is 15.9 Å². The van der Waals surface area contributed by atoms with Crippen LogP contribution in [0.25, 0.3) is 11.0 Å². The lowest BCUT2D eigenvalue weighted by atomic mass is 10.2. The third-order valence-electron chi connectivity index (χ3n) is 5.35. The Morgan fingerprint density at radius 1 is 1.17 bits per heavy atom. The van der Waals surface area contributed by atoms with Crippen molar-refractivity contribution in [2.24, 2.45) is 0 Å². The van der Waals surface area contributed by atoms with Crippen LogP contribution < -0.4 is 5.32 Å². The SMILES string of the molecule is CCCCC(=O)Nc1ccc2c(c1)nc(CN1CCN(S(C)(=O)=O)CC1)n2CC. The number of hydrogen-bond donors (Lipinski definition) is 1. The molecular formula is C20H31N5O3S. The zero-order chi connectivity index (χ0) is 21.0. The van der Waals surface area contributed by atoms with E-state index in [-0.39, 0.29) is 5.91 Å². The first kappa shape index (κ1) is 21.7. The Balaban J connectivity index is 1.72. The average Bonchev–Trinajstić information content (AvgIpc) is 3.02. The van der Waals surface area contributed by atoms with Crippen molar-refractivity contribution in [3.8, 4) is 0 Å². The van der Waals surface area contributed by atoms with Crippen LogP contribution in [0.2, 0.25) is 0 Å². The molecule has 3 rings (SSSR count). The molecule has 0 unspecified atom stereocenters. The van der Waals surface area contributed by atoms with Gasteiger partial charge in [0.05, 0.1) is 23.8 Å². The van der Waals surface area contributed by atoms with Crippen molar-refractivity contribution >= 4 is 32.7 Å². The number of unbranched alkanes of at least 4 members (excludes halogenated alkanes) is 1. The maximum absolute atomic E-state index is 12.0. The highest BCUT2D eigenvalue weighted by Crippen LogP contribution is 2.22. The van der Waals surface area contributed by atoms with Crippen LogP contribution >= 0.6 is 0 Å². The first-order valence-electron chi connectivity index (χ1n) is 10.3. The Morgan fingerprint density at radius 2 is 1.90 bits per heavy atom. The number of rotatable bonds is 8. The molecule has 2 heterocycles. The van der Waals surface area contributed by atoms with E-state index in [4.69, 9.17) is 4.98 Å². The molecule has 9 heteroatoms. The number of piperazine rings is 1. The summed E-state index contributed by atoms with van der Waals surface area (Å²) in [6.45, 7) is 8.05. The van der Waals surface area contributed by atoms with E-state index >= 15 is 0 Å². The van der Waals surface area contributed by atoms with Crippen LogP contribution in [0.1, 0.15) is 38.9 Å². The number of fused-ring (bicyclic) bond motifs is 1. The van der Waals surface area contributed by atoms with E-state index in [1.54, 1.807) is 0 Å². The topological polar surface area (TPSA) is 87.5 Å². The average molecular weight is 422 g/mol. The summed E-state index contributed by atoms with van der Waals surface area (Å²) in [6.07, 6.45) is 3.67. The summed E-state index contributed by atoms with van der Waals surface area (Å²) >= 11 is 0. The molecule has 1 aliphatic heterocycles. The molecule has 0 atom stereocenters. The van der Waals surface area contributed by atoms with E-state index in [0.717, 1.165) is 41.9 Å². The number of amides is 1. The normalized spacial score (nSPS) is 16.4. The maximum Gasteiger partial charge on any atom is 0.224 e. The molecule has 1 fully saturated rings. The minimum atomic E-state index is -3.12. The van der Waals surface area contributed by atoms with E-state index < -0.39 is 10.0 Å². The Morgan fingerprint density at radius 3 is 2.52 bits per heavy atom. The van der Waals surface area contributed by atoms with E-state index in [1.807, 2.05) is 18.2 Å². The van der Waals surface area contributed by atoms with E-state index in [9.17, 15) is 13.2 Å². The van der Waals surface area contributed by atoms with E-state index in [1.165, 1.54) is 10.6 Å². The first-order chi connectivity index (χ1) is 13.8. The summed E-state index contributed by atoms with van der Waals surface area (Å²) in [6, 6.07) is 5.86. The lowest BCUT2D eigenvalue weighted by Gasteiger charge is -2.32. The molecular weight excluding hydrogens is 390 g/mol. The summed E-state index contributed by atoms with van der Waals surface area (Å²) in [7, 11) is -3.12. The zero-order valence-corrected chi connectivity index (χ0v) is 18.3. The number of aryl methyl sites for hydroxylation is 1. The minimum Gasteiger partial charge on any atom is -0.327 e. The van der Waals surface area contributed by atoms with Gasteiger partial charge in [0, 0.05) is 44.8 Å². The maximum atomic E-state index is 12.0. The molecule has 1 saturated heterocycles. The van der Waals surface area contributed by atoms with Crippen molar-refractivity contribution in [2.45, 2.75) is 46.2 Å². The molecule has 0 spiro atoms.